The normalized spacial score (nSPS) is 16.9. The highest BCUT2D eigenvalue weighted by Crippen LogP contribution is 2.33. The Bertz CT molecular complexity index is 1570. The Morgan fingerprint density at radius 1 is 1.10 bits per heavy atom. The third-order valence-electron chi connectivity index (χ3n) is 6.61. The van der Waals surface area contributed by atoms with E-state index in [1.165, 1.54) is 16.8 Å². The van der Waals surface area contributed by atoms with Crippen LogP contribution in [-0.4, -0.2) is 66.6 Å². The molecule has 2 aliphatic heterocycles. The number of benzene rings is 2. The summed E-state index contributed by atoms with van der Waals surface area (Å²) in [7, 11) is 0. The standard InChI is InChI=1S/C26H24F5N7O4/c27-17-3-2-14(26(29,30)31)8-20(17)36-25(41)35-19-4-1-13(7-18(19)28)16-9-21(24(39)40)38-22(16)23(32)34-12-37(38)11-15-10-33-5-6-42-15/h1-4,7-9,15,33H,5-6,10-12H2,(H2,32,34)(H,39,40)(H2,35,36,41). The molecule has 1 fully saturated rings. The van der Waals surface area contributed by atoms with Gasteiger partial charge in [0, 0.05) is 18.7 Å². The molecule has 2 aliphatic rings. The van der Waals surface area contributed by atoms with Crippen LogP contribution in [0.4, 0.5) is 38.1 Å². The van der Waals surface area contributed by atoms with Crippen molar-refractivity contribution in [2.75, 3.05) is 48.6 Å². The Labute approximate surface area is 234 Å². The minimum Gasteiger partial charge on any atom is -0.477 e. The number of hydrogen-bond donors (Lipinski definition) is 5. The van der Waals surface area contributed by atoms with Gasteiger partial charge in [-0.15, -0.1) is 0 Å². The second kappa shape index (κ2) is 11.3. The topological polar surface area (TPSA) is 146 Å². The summed E-state index contributed by atoms with van der Waals surface area (Å²) < 4.78 is 75.1. The lowest BCUT2D eigenvalue weighted by Gasteiger charge is -2.35. The van der Waals surface area contributed by atoms with Crippen molar-refractivity contribution in [3.8, 4) is 11.1 Å². The number of aromatic carboxylic acids is 1. The molecule has 0 radical (unpaired) electrons. The number of anilines is 2. The summed E-state index contributed by atoms with van der Waals surface area (Å²) in [6, 6.07) is 5.17. The number of carbonyl (C=O) groups is 2. The van der Waals surface area contributed by atoms with Gasteiger partial charge in [0.25, 0.3) is 0 Å². The Balaban J connectivity index is 1.40. The number of halogens is 5. The van der Waals surface area contributed by atoms with Crippen molar-refractivity contribution >= 4 is 29.2 Å². The summed E-state index contributed by atoms with van der Waals surface area (Å²) in [5, 5.41) is 18.8. The predicted octanol–water partition coefficient (Wildman–Crippen LogP) is 3.40. The molecule has 1 aromatic heterocycles. The van der Waals surface area contributed by atoms with E-state index in [9.17, 15) is 32.3 Å². The summed E-state index contributed by atoms with van der Waals surface area (Å²) in [5.74, 6) is -3.32. The molecule has 0 aliphatic carbocycles. The molecule has 2 amide bonds. The third kappa shape index (κ3) is 5.84. The lowest BCUT2D eigenvalue weighted by atomic mass is 10.0. The Hall–Kier alpha value is -4.70. The van der Waals surface area contributed by atoms with E-state index in [1.54, 1.807) is 5.01 Å². The smallest absolute Gasteiger partial charge is 0.416 e. The van der Waals surface area contributed by atoms with Crippen molar-refractivity contribution in [2.45, 2.75) is 12.3 Å². The lowest BCUT2D eigenvalue weighted by molar-refractivity contribution is -0.137. The molecular formula is C26H24F5N7O4. The second-order valence-corrected chi connectivity index (χ2v) is 9.45. The molecule has 11 nitrogen and oxygen atoms in total. The van der Waals surface area contributed by atoms with Crippen LogP contribution in [0.1, 0.15) is 21.7 Å². The number of amides is 2. The molecule has 5 rings (SSSR count). The number of aliphatic imine (C=N–C) groups is 1. The number of carboxylic acid groups (broad SMARTS) is 1. The minimum atomic E-state index is -4.77. The van der Waals surface area contributed by atoms with E-state index in [-0.39, 0.29) is 46.8 Å². The van der Waals surface area contributed by atoms with Gasteiger partial charge < -0.3 is 31.5 Å². The van der Waals surface area contributed by atoms with Crippen molar-refractivity contribution in [2.24, 2.45) is 10.7 Å². The fourth-order valence-corrected chi connectivity index (χ4v) is 4.68. The number of nitrogens with two attached hydrogens (primary N) is 1. The summed E-state index contributed by atoms with van der Waals surface area (Å²) in [4.78, 5) is 28.8. The Morgan fingerprint density at radius 2 is 1.86 bits per heavy atom. The number of amidine groups is 1. The highest BCUT2D eigenvalue weighted by atomic mass is 19.4. The van der Waals surface area contributed by atoms with E-state index in [2.05, 4.69) is 15.6 Å². The maximum Gasteiger partial charge on any atom is 0.416 e. The molecular weight excluding hydrogens is 569 g/mol. The molecule has 0 spiro atoms. The zero-order valence-electron chi connectivity index (χ0n) is 21.6. The van der Waals surface area contributed by atoms with Crippen molar-refractivity contribution in [3.05, 3.63) is 71.1 Å². The third-order valence-corrected chi connectivity index (χ3v) is 6.61. The Kier molecular flexibility index (Phi) is 7.74. The molecule has 42 heavy (non-hydrogen) atoms. The monoisotopic (exact) mass is 593 g/mol. The first-order valence-electron chi connectivity index (χ1n) is 12.5. The van der Waals surface area contributed by atoms with Crippen LogP contribution in [0.5, 0.6) is 0 Å². The fourth-order valence-electron chi connectivity index (χ4n) is 4.68. The summed E-state index contributed by atoms with van der Waals surface area (Å²) in [6.45, 7) is 2.10. The van der Waals surface area contributed by atoms with E-state index < -0.39 is 41.1 Å². The summed E-state index contributed by atoms with van der Waals surface area (Å²) >= 11 is 0. The molecule has 6 N–H and O–H groups in total. The van der Waals surface area contributed by atoms with Crippen LogP contribution in [-0.2, 0) is 10.9 Å². The van der Waals surface area contributed by atoms with E-state index in [1.807, 2.05) is 5.32 Å². The number of morpholine rings is 1. The number of nitrogens with one attached hydrogen (secondary N) is 3. The molecule has 0 saturated carbocycles. The molecule has 0 bridgehead atoms. The van der Waals surface area contributed by atoms with E-state index in [0.29, 0.717) is 44.4 Å². The lowest BCUT2D eigenvalue weighted by Crippen LogP contribution is -2.52. The van der Waals surface area contributed by atoms with Gasteiger partial charge in [0.1, 0.15) is 35.5 Å². The molecule has 3 heterocycles. The van der Waals surface area contributed by atoms with Crippen LogP contribution in [0, 0.1) is 11.6 Å². The predicted molar refractivity (Wildman–Crippen MR) is 142 cm³/mol. The Morgan fingerprint density at radius 3 is 2.52 bits per heavy atom. The molecule has 1 atom stereocenters. The van der Waals surface area contributed by atoms with E-state index in [0.717, 1.165) is 12.1 Å². The quantitative estimate of drug-likeness (QED) is 0.276. The SMILES string of the molecule is NC1=NCN(CC2CNCCO2)n2c(C(=O)O)cc(-c3ccc(NC(=O)Nc4cc(C(F)(F)F)ccc4F)c(F)c3)c21. The average molecular weight is 594 g/mol. The van der Waals surface area contributed by atoms with Crippen LogP contribution in [0.25, 0.3) is 11.1 Å². The zero-order valence-corrected chi connectivity index (χ0v) is 21.6. The van der Waals surface area contributed by atoms with Gasteiger partial charge in [-0.05, 0) is 42.0 Å². The number of ether oxygens (including phenoxy) is 1. The van der Waals surface area contributed by atoms with Crippen LogP contribution >= 0.6 is 0 Å². The van der Waals surface area contributed by atoms with Gasteiger partial charge in [0.15, 0.2) is 0 Å². The van der Waals surface area contributed by atoms with E-state index in [4.69, 9.17) is 10.5 Å². The molecule has 1 unspecified atom stereocenters. The van der Waals surface area contributed by atoms with Crippen LogP contribution in [0.2, 0.25) is 0 Å². The van der Waals surface area contributed by atoms with E-state index >= 15 is 4.39 Å². The number of carbonyl (C=O) groups excluding carboxylic acids is 1. The van der Waals surface area contributed by atoms with Crippen molar-refractivity contribution in [1.29, 1.82) is 0 Å². The number of urea groups is 1. The maximum absolute atomic E-state index is 15.1. The molecule has 3 aromatic rings. The number of rotatable bonds is 6. The number of aromatic nitrogens is 1. The van der Waals surface area contributed by atoms with Crippen molar-refractivity contribution in [3.63, 3.8) is 0 Å². The summed E-state index contributed by atoms with van der Waals surface area (Å²) in [6.07, 6.45) is -5.01. The maximum atomic E-state index is 15.1. The number of alkyl halides is 3. The first-order chi connectivity index (χ1) is 19.9. The largest absolute Gasteiger partial charge is 0.477 e. The average Bonchev–Trinajstić information content (AvgIpc) is 3.35. The highest BCUT2D eigenvalue weighted by Gasteiger charge is 2.32. The van der Waals surface area contributed by atoms with Gasteiger partial charge in [0.05, 0.1) is 36.2 Å². The number of carboxylic acids is 1. The van der Waals surface area contributed by atoms with Crippen LogP contribution in [0.15, 0.2) is 47.5 Å². The molecule has 16 heteroatoms. The second-order valence-electron chi connectivity index (χ2n) is 9.45. The summed E-state index contributed by atoms with van der Waals surface area (Å²) in [5.41, 5.74) is 4.37. The number of nitrogens with zero attached hydrogens (tertiary/aromatic N) is 3. The first kappa shape index (κ1) is 28.8. The van der Waals surface area contributed by atoms with Crippen LogP contribution < -0.4 is 26.7 Å². The van der Waals surface area contributed by atoms with Gasteiger partial charge in [-0.25, -0.2) is 28.0 Å². The van der Waals surface area contributed by atoms with Crippen molar-refractivity contribution < 1.29 is 41.4 Å². The first-order valence-corrected chi connectivity index (χ1v) is 12.5. The van der Waals surface area contributed by atoms with Gasteiger partial charge in [-0.2, -0.15) is 13.2 Å². The number of fused-ring (bicyclic) bond motifs is 1. The minimum absolute atomic E-state index is 0.0292. The van der Waals surface area contributed by atoms with Crippen LogP contribution in [0.3, 0.4) is 0 Å². The molecule has 222 valence electrons. The van der Waals surface area contributed by atoms with Gasteiger partial charge in [-0.1, -0.05) is 6.07 Å². The van der Waals surface area contributed by atoms with Crippen molar-refractivity contribution in [1.82, 2.24) is 9.99 Å². The molecule has 2 aromatic carbocycles. The number of hydrogen-bond acceptors (Lipinski definition) is 7. The highest BCUT2D eigenvalue weighted by molar-refractivity contribution is 6.06. The van der Waals surface area contributed by atoms with Gasteiger partial charge in [0.2, 0.25) is 0 Å². The van der Waals surface area contributed by atoms with Gasteiger partial charge in [-0.3, -0.25) is 5.01 Å². The fraction of sp³-hybridized carbons (Fsp3) is 0.269. The van der Waals surface area contributed by atoms with Gasteiger partial charge >= 0.3 is 18.2 Å². The zero-order chi connectivity index (χ0) is 30.2. The molecule has 1 saturated heterocycles.